The van der Waals surface area contributed by atoms with Crippen molar-refractivity contribution in [3.63, 3.8) is 0 Å². The maximum absolute atomic E-state index is 13.7. The molecule has 2 aromatic carbocycles. The highest BCUT2D eigenvalue weighted by atomic mass is 16.6. The Bertz CT molecular complexity index is 1630. The number of hydrogen-bond donors (Lipinski definition) is 1. The fraction of sp³-hybridized carbons (Fsp3) is 0.471. The molecule has 5 rings (SSSR count). The van der Waals surface area contributed by atoms with Gasteiger partial charge in [0.1, 0.15) is 17.1 Å². The summed E-state index contributed by atoms with van der Waals surface area (Å²) in [7, 11) is 1.67. The molecule has 1 fully saturated rings. The van der Waals surface area contributed by atoms with Crippen LogP contribution in [0.2, 0.25) is 0 Å². The first-order valence-electron chi connectivity index (χ1n) is 15.8. The van der Waals surface area contributed by atoms with E-state index in [1.54, 1.807) is 27.0 Å². The van der Waals surface area contributed by atoms with Crippen LogP contribution >= 0.6 is 0 Å². The van der Waals surface area contributed by atoms with Gasteiger partial charge in [-0.3, -0.25) is 9.69 Å². The van der Waals surface area contributed by atoms with E-state index in [0.29, 0.717) is 75.9 Å². The van der Waals surface area contributed by atoms with Gasteiger partial charge in [0.2, 0.25) is 5.91 Å². The van der Waals surface area contributed by atoms with Gasteiger partial charge in [0.05, 0.1) is 43.5 Å². The van der Waals surface area contributed by atoms with Crippen molar-refractivity contribution in [2.45, 2.75) is 45.9 Å². The number of pyridine rings is 1. The monoisotopic (exact) mass is 632 g/mol. The Morgan fingerprint density at radius 3 is 2.67 bits per heavy atom. The third kappa shape index (κ3) is 8.51. The Labute approximate surface area is 269 Å². The van der Waals surface area contributed by atoms with Crippen molar-refractivity contribution in [3.8, 4) is 5.75 Å². The number of nitrogens with two attached hydrogens (primary N) is 1. The summed E-state index contributed by atoms with van der Waals surface area (Å²) in [6.07, 6.45) is 1.10. The Morgan fingerprint density at radius 2 is 1.89 bits per heavy atom. The number of rotatable bonds is 15. The summed E-state index contributed by atoms with van der Waals surface area (Å²) >= 11 is 0. The van der Waals surface area contributed by atoms with Crippen LogP contribution in [0.25, 0.3) is 21.9 Å². The van der Waals surface area contributed by atoms with Crippen molar-refractivity contribution in [2.24, 2.45) is 0 Å². The number of aromatic nitrogens is 3. The molecule has 4 aromatic rings. The lowest BCUT2D eigenvalue weighted by Gasteiger charge is -2.30. The van der Waals surface area contributed by atoms with Crippen molar-refractivity contribution < 1.29 is 28.5 Å². The lowest BCUT2D eigenvalue weighted by atomic mass is 10.1. The van der Waals surface area contributed by atoms with E-state index in [1.807, 2.05) is 47.4 Å². The highest BCUT2D eigenvalue weighted by Gasteiger charge is 2.21. The van der Waals surface area contributed by atoms with E-state index < -0.39 is 5.97 Å². The molecule has 0 atom stereocenters. The number of ether oxygens (including phenoxy) is 4. The van der Waals surface area contributed by atoms with Crippen LogP contribution in [0.5, 0.6) is 5.75 Å². The molecule has 0 spiro atoms. The van der Waals surface area contributed by atoms with Gasteiger partial charge in [0.25, 0.3) is 0 Å². The van der Waals surface area contributed by atoms with E-state index >= 15 is 0 Å². The van der Waals surface area contributed by atoms with Gasteiger partial charge in [-0.25, -0.2) is 14.8 Å². The van der Waals surface area contributed by atoms with E-state index in [4.69, 9.17) is 29.7 Å². The average molecular weight is 633 g/mol. The summed E-state index contributed by atoms with van der Waals surface area (Å²) in [5.74, 6) is 1.43. The van der Waals surface area contributed by atoms with Crippen molar-refractivity contribution in [2.75, 3.05) is 65.5 Å². The van der Waals surface area contributed by atoms with Gasteiger partial charge in [-0.05, 0) is 44.0 Å². The van der Waals surface area contributed by atoms with E-state index in [-0.39, 0.29) is 18.6 Å². The molecule has 12 nitrogen and oxygen atoms in total. The number of carbonyl (C=O) groups excluding carboxylic acids is 2. The Morgan fingerprint density at radius 1 is 1.09 bits per heavy atom. The normalized spacial score (nSPS) is 13.8. The summed E-state index contributed by atoms with van der Waals surface area (Å²) in [6.45, 7) is 8.50. The highest BCUT2D eigenvalue weighted by molar-refractivity contribution is 6.06. The number of nitrogen functional groups attached to an aromatic ring is 1. The van der Waals surface area contributed by atoms with Gasteiger partial charge in [0.15, 0.2) is 12.4 Å². The number of esters is 1. The molecule has 0 unspecified atom stereocenters. The van der Waals surface area contributed by atoms with Crippen LogP contribution in [0.15, 0.2) is 48.5 Å². The first kappa shape index (κ1) is 33.1. The minimum absolute atomic E-state index is 0.0442. The third-order valence-corrected chi connectivity index (χ3v) is 7.84. The zero-order chi connectivity index (χ0) is 32.5. The number of hydrogen-bond acceptors (Lipinski definition) is 10. The van der Waals surface area contributed by atoms with Crippen LogP contribution in [0.1, 0.15) is 31.7 Å². The van der Waals surface area contributed by atoms with Gasteiger partial charge in [-0.2, -0.15) is 0 Å². The Balaban J connectivity index is 1.35. The summed E-state index contributed by atoms with van der Waals surface area (Å²) < 4.78 is 23.9. The largest absolute Gasteiger partial charge is 0.482 e. The van der Waals surface area contributed by atoms with Crippen molar-refractivity contribution in [3.05, 3.63) is 59.9 Å². The molecule has 246 valence electrons. The van der Waals surface area contributed by atoms with Crippen molar-refractivity contribution >= 4 is 39.6 Å². The van der Waals surface area contributed by atoms with Gasteiger partial charge < -0.3 is 34.1 Å². The number of para-hydroxylation sites is 1. The lowest BCUT2D eigenvalue weighted by Crippen LogP contribution is -2.45. The average Bonchev–Trinajstić information content (AvgIpc) is 3.42. The van der Waals surface area contributed by atoms with E-state index in [0.717, 1.165) is 40.9 Å². The molecule has 2 N–H and O–H groups in total. The fourth-order valence-corrected chi connectivity index (χ4v) is 5.69. The Hall–Kier alpha value is -4.26. The van der Waals surface area contributed by atoms with Crippen LogP contribution in [-0.2, 0) is 43.3 Å². The molecule has 1 aliphatic rings. The fourth-order valence-electron chi connectivity index (χ4n) is 5.69. The number of fused-ring (bicyclic) bond motifs is 3. The minimum Gasteiger partial charge on any atom is -0.482 e. The summed E-state index contributed by atoms with van der Waals surface area (Å²) in [6, 6.07) is 15.4. The van der Waals surface area contributed by atoms with Gasteiger partial charge >= 0.3 is 5.97 Å². The first-order chi connectivity index (χ1) is 22.3. The molecule has 12 heteroatoms. The molecule has 1 aliphatic heterocycles. The number of anilines is 1. The number of imidazole rings is 1. The van der Waals surface area contributed by atoms with Gasteiger partial charge in [-0.15, -0.1) is 0 Å². The predicted molar refractivity (Wildman–Crippen MR) is 175 cm³/mol. The van der Waals surface area contributed by atoms with E-state index in [9.17, 15) is 9.59 Å². The lowest BCUT2D eigenvalue weighted by molar-refractivity contribution is -0.149. The molecular weight excluding hydrogens is 588 g/mol. The number of nitrogens with zero attached hydrogens (tertiary/aromatic N) is 5. The number of morpholine rings is 1. The molecule has 3 heterocycles. The smallest absolute Gasteiger partial charge is 0.344 e. The Kier molecular flexibility index (Phi) is 11.4. The van der Waals surface area contributed by atoms with Crippen molar-refractivity contribution in [1.29, 1.82) is 0 Å². The maximum Gasteiger partial charge on any atom is 0.344 e. The summed E-state index contributed by atoms with van der Waals surface area (Å²) in [5, 5.41) is 0.984. The SMILES string of the molecule is COCCc1nc2c(N)nc3ccccc3c2n1CCCN(Cc1cccc(OCC(=O)OC(C)C)c1)C(=O)CN1CCOCC1. The van der Waals surface area contributed by atoms with Crippen LogP contribution in [-0.4, -0.2) is 102 Å². The minimum atomic E-state index is -0.426. The summed E-state index contributed by atoms with van der Waals surface area (Å²) in [5.41, 5.74) is 9.72. The second-order valence-corrected chi connectivity index (χ2v) is 11.7. The molecule has 1 saturated heterocycles. The van der Waals surface area contributed by atoms with Crippen molar-refractivity contribution in [1.82, 2.24) is 24.3 Å². The van der Waals surface area contributed by atoms with E-state index in [2.05, 4.69) is 14.5 Å². The number of benzene rings is 2. The molecule has 0 radical (unpaired) electrons. The third-order valence-electron chi connectivity index (χ3n) is 7.84. The second-order valence-electron chi connectivity index (χ2n) is 11.7. The number of carbonyl (C=O) groups is 2. The van der Waals surface area contributed by atoms with Crippen LogP contribution in [0.3, 0.4) is 0 Å². The first-order valence-corrected chi connectivity index (χ1v) is 15.8. The highest BCUT2D eigenvalue weighted by Crippen LogP contribution is 2.29. The molecule has 0 bridgehead atoms. The van der Waals surface area contributed by atoms with Crippen LogP contribution < -0.4 is 10.5 Å². The summed E-state index contributed by atoms with van der Waals surface area (Å²) in [4.78, 5) is 39.2. The predicted octanol–water partition coefficient (Wildman–Crippen LogP) is 3.44. The molecule has 1 amide bonds. The molecule has 2 aromatic heterocycles. The van der Waals surface area contributed by atoms with Crippen LogP contribution in [0, 0.1) is 0 Å². The second kappa shape index (κ2) is 15.8. The van der Waals surface area contributed by atoms with Crippen LogP contribution in [0.4, 0.5) is 5.82 Å². The molecule has 46 heavy (non-hydrogen) atoms. The number of methoxy groups -OCH3 is 1. The molecule has 0 saturated carbocycles. The van der Waals surface area contributed by atoms with E-state index in [1.165, 1.54) is 0 Å². The number of aryl methyl sites for hydroxylation is 1. The number of amides is 1. The standard InChI is InChI=1S/C34H44N6O6/c1-24(2)46-31(42)23-45-26-9-6-8-25(20-26)21-39(30(41)22-38-15-18-44-19-16-38)13-7-14-40-29(12-17-43-3)37-32-33(40)27-10-4-5-11-28(27)36-34(32)35/h4-6,8-11,20,24H,7,12-19,21-23H2,1-3H3,(H2,35,36). The molecule has 0 aliphatic carbocycles. The zero-order valence-corrected chi connectivity index (χ0v) is 26.9. The quantitative estimate of drug-likeness (QED) is 0.194. The maximum atomic E-state index is 13.7. The van der Waals surface area contributed by atoms with Gasteiger partial charge in [0, 0.05) is 51.6 Å². The van der Waals surface area contributed by atoms with Gasteiger partial charge in [-0.1, -0.05) is 30.3 Å². The molecular formula is C34H44N6O6. The zero-order valence-electron chi connectivity index (χ0n) is 26.9. The topological polar surface area (TPSA) is 134 Å².